The molecule has 5 saturated carbocycles. The fourth-order valence-electron chi connectivity index (χ4n) is 5.65. The SMILES string of the molecule is CN(CC(=O)NC1CC1)C(=O)COC(=O)C12C[C@@H]3C[C@@H](CC(O)(C3)C1)C2. The monoisotopic (exact) mass is 364 g/mol. The third-order valence-corrected chi connectivity index (χ3v) is 6.54. The van der Waals surface area contributed by atoms with Crippen LogP contribution in [0.2, 0.25) is 0 Å². The van der Waals surface area contributed by atoms with E-state index in [1.807, 2.05) is 0 Å². The molecule has 5 aliphatic rings. The van der Waals surface area contributed by atoms with Crippen molar-refractivity contribution < 1.29 is 24.2 Å². The molecule has 26 heavy (non-hydrogen) atoms. The first-order valence-corrected chi connectivity index (χ1v) is 9.70. The van der Waals surface area contributed by atoms with Gasteiger partial charge in [-0.1, -0.05) is 0 Å². The number of nitrogens with one attached hydrogen (secondary N) is 1. The van der Waals surface area contributed by atoms with E-state index >= 15 is 0 Å². The van der Waals surface area contributed by atoms with Crippen molar-refractivity contribution in [1.82, 2.24) is 10.2 Å². The van der Waals surface area contributed by atoms with Gasteiger partial charge in [-0.25, -0.2) is 0 Å². The molecule has 4 atom stereocenters. The largest absolute Gasteiger partial charge is 0.455 e. The first kappa shape index (κ1) is 17.8. The van der Waals surface area contributed by atoms with Crippen LogP contribution in [0.25, 0.3) is 0 Å². The summed E-state index contributed by atoms with van der Waals surface area (Å²) in [7, 11) is 1.54. The number of carbonyl (C=O) groups excluding carboxylic acids is 3. The first-order chi connectivity index (χ1) is 12.3. The van der Waals surface area contributed by atoms with E-state index < -0.39 is 11.0 Å². The number of amides is 2. The molecular weight excluding hydrogens is 336 g/mol. The van der Waals surface area contributed by atoms with Crippen LogP contribution in [-0.4, -0.2) is 59.6 Å². The third-order valence-electron chi connectivity index (χ3n) is 6.54. The van der Waals surface area contributed by atoms with Crippen LogP contribution >= 0.6 is 0 Å². The van der Waals surface area contributed by atoms with Gasteiger partial charge >= 0.3 is 5.97 Å². The predicted octanol–water partition coefficient (Wildman–Crippen LogP) is 0.598. The molecule has 0 heterocycles. The maximum absolute atomic E-state index is 12.8. The lowest BCUT2D eigenvalue weighted by Gasteiger charge is -2.58. The fraction of sp³-hybridized carbons (Fsp3) is 0.842. The fourth-order valence-corrected chi connectivity index (χ4v) is 5.65. The van der Waals surface area contributed by atoms with E-state index in [-0.39, 0.29) is 37.0 Å². The van der Waals surface area contributed by atoms with E-state index in [9.17, 15) is 19.5 Å². The minimum Gasteiger partial charge on any atom is -0.455 e. The van der Waals surface area contributed by atoms with Crippen molar-refractivity contribution in [3.63, 3.8) is 0 Å². The minimum atomic E-state index is -0.731. The Kier molecular flexibility index (Phi) is 4.25. The summed E-state index contributed by atoms with van der Waals surface area (Å²) in [5.74, 6) is -0.142. The van der Waals surface area contributed by atoms with Gasteiger partial charge in [0.2, 0.25) is 5.91 Å². The van der Waals surface area contributed by atoms with E-state index in [1.54, 1.807) is 0 Å². The Labute approximate surface area is 153 Å². The van der Waals surface area contributed by atoms with Crippen LogP contribution in [-0.2, 0) is 19.1 Å². The molecule has 0 aromatic carbocycles. The molecule has 0 saturated heterocycles. The quantitative estimate of drug-likeness (QED) is 0.673. The highest BCUT2D eigenvalue weighted by Crippen LogP contribution is 2.61. The number of ether oxygens (including phenoxy) is 1. The number of carbonyl (C=O) groups is 3. The highest BCUT2D eigenvalue weighted by molar-refractivity contribution is 5.87. The Balaban J connectivity index is 1.29. The topological polar surface area (TPSA) is 95.9 Å². The second-order valence-electron chi connectivity index (χ2n) is 9.13. The molecule has 2 amide bonds. The van der Waals surface area contributed by atoms with Gasteiger partial charge in [0.05, 0.1) is 17.6 Å². The van der Waals surface area contributed by atoms with Crippen LogP contribution in [0.5, 0.6) is 0 Å². The van der Waals surface area contributed by atoms with Crippen molar-refractivity contribution >= 4 is 17.8 Å². The summed E-state index contributed by atoms with van der Waals surface area (Å²) < 4.78 is 5.36. The number of hydrogen-bond acceptors (Lipinski definition) is 5. The van der Waals surface area contributed by atoms with Crippen molar-refractivity contribution in [2.24, 2.45) is 17.3 Å². The summed E-state index contributed by atoms with van der Waals surface area (Å²) in [5.41, 5.74) is -1.36. The van der Waals surface area contributed by atoms with Gasteiger partial charge in [0.1, 0.15) is 0 Å². The summed E-state index contributed by atoms with van der Waals surface area (Å²) in [5, 5.41) is 13.6. The van der Waals surface area contributed by atoms with E-state index in [1.165, 1.54) is 11.9 Å². The van der Waals surface area contributed by atoms with Crippen LogP contribution < -0.4 is 5.32 Å². The molecular formula is C19H28N2O5. The zero-order chi connectivity index (χ0) is 18.5. The second kappa shape index (κ2) is 6.22. The second-order valence-corrected chi connectivity index (χ2v) is 9.13. The van der Waals surface area contributed by atoms with Gasteiger partial charge in [0.15, 0.2) is 6.61 Å². The van der Waals surface area contributed by atoms with Crippen molar-refractivity contribution in [3.8, 4) is 0 Å². The van der Waals surface area contributed by atoms with Crippen LogP contribution in [0.3, 0.4) is 0 Å². The average Bonchev–Trinajstić information content (AvgIpc) is 3.33. The lowest BCUT2D eigenvalue weighted by molar-refractivity contribution is -0.196. The Hall–Kier alpha value is -1.63. The van der Waals surface area contributed by atoms with Crippen LogP contribution in [0.4, 0.5) is 0 Å². The van der Waals surface area contributed by atoms with Crippen molar-refractivity contribution in [1.29, 1.82) is 0 Å². The van der Waals surface area contributed by atoms with Crippen LogP contribution in [0.1, 0.15) is 51.4 Å². The molecule has 0 aromatic heterocycles. The minimum absolute atomic E-state index is 0.0259. The number of nitrogens with zero attached hydrogens (tertiary/aromatic N) is 1. The first-order valence-electron chi connectivity index (χ1n) is 9.70. The number of aliphatic hydroxyl groups is 1. The maximum atomic E-state index is 12.8. The van der Waals surface area contributed by atoms with Crippen molar-refractivity contribution in [2.45, 2.75) is 63.0 Å². The number of likely N-dealkylation sites (N-methyl/N-ethyl adjacent to an activating group) is 1. The van der Waals surface area contributed by atoms with Crippen molar-refractivity contribution in [3.05, 3.63) is 0 Å². The van der Waals surface area contributed by atoms with E-state index in [4.69, 9.17) is 4.74 Å². The summed E-state index contributed by atoms with van der Waals surface area (Å²) in [6, 6.07) is 0.255. The van der Waals surface area contributed by atoms with Gasteiger partial charge in [-0.15, -0.1) is 0 Å². The van der Waals surface area contributed by atoms with Crippen LogP contribution in [0, 0.1) is 17.3 Å². The summed E-state index contributed by atoms with van der Waals surface area (Å²) >= 11 is 0. The number of esters is 1. The molecule has 2 unspecified atom stereocenters. The zero-order valence-electron chi connectivity index (χ0n) is 15.3. The van der Waals surface area contributed by atoms with E-state index in [0.29, 0.717) is 18.3 Å². The maximum Gasteiger partial charge on any atom is 0.312 e. The summed E-state index contributed by atoms with van der Waals surface area (Å²) in [6.07, 6.45) is 6.65. The average molecular weight is 364 g/mol. The summed E-state index contributed by atoms with van der Waals surface area (Å²) in [6.45, 7) is -0.372. The lowest BCUT2D eigenvalue weighted by atomic mass is 9.48. The molecule has 5 aliphatic carbocycles. The molecule has 7 nitrogen and oxygen atoms in total. The molecule has 4 bridgehead atoms. The van der Waals surface area contributed by atoms with Gasteiger partial charge < -0.3 is 20.1 Å². The molecule has 0 aromatic rings. The molecule has 7 heteroatoms. The number of hydrogen-bond donors (Lipinski definition) is 2. The van der Waals surface area contributed by atoms with E-state index in [2.05, 4.69) is 5.32 Å². The van der Waals surface area contributed by atoms with Crippen LogP contribution in [0.15, 0.2) is 0 Å². The Morgan fingerprint density at radius 2 is 1.81 bits per heavy atom. The molecule has 0 radical (unpaired) electrons. The Morgan fingerprint density at radius 3 is 2.38 bits per heavy atom. The van der Waals surface area contributed by atoms with Crippen molar-refractivity contribution in [2.75, 3.05) is 20.2 Å². The Morgan fingerprint density at radius 1 is 1.15 bits per heavy atom. The number of rotatable bonds is 6. The zero-order valence-corrected chi connectivity index (χ0v) is 15.3. The molecule has 0 aliphatic heterocycles. The third kappa shape index (κ3) is 3.46. The van der Waals surface area contributed by atoms with Gasteiger partial charge in [-0.3, -0.25) is 14.4 Å². The highest BCUT2D eigenvalue weighted by Gasteiger charge is 2.60. The summed E-state index contributed by atoms with van der Waals surface area (Å²) in [4.78, 5) is 38.0. The predicted molar refractivity (Wildman–Crippen MR) is 91.8 cm³/mol. The molecule has 5 fully saturated rings. The normalized spacial score (nSPS) is 37.3. The highest BCUT2D eigenvalue weighted by atomic mass is 16.5. The van der Waals surface area contributed by atoms with Gasteiger partial charge in [0.25, 0.3) is 5.91 Å². The Bertz CT molecular complexity index is 615. The molecule has 0 spiro atoms. The van der Waals surface area contributed by atoms with E-state index in [0.717, 1.165) is 44.9 Å². The molecule has 5 rings (SSSR count). The lowest BCUT2D eigenvalue weighted by Crippen LogP contribution is -2.58. The van der Waals surface area contributed by atoms with Gasteiger partial charge in [0, 0.05) is 13.1 Å². The molecule has 2 N–H and O–H groups in total. The molecule has 144 valence electrons. The smallest absolute Gasteiger partial charge is 0.312 e. The van der Waals surface area contributed by atoms with Gasteiger partial charge in [-0.05, 0) is 63.2 Å². The van der Waals surface area contributed by atoms with Gasteiger partial charge in [-0.2, -0.15) is 0 Å². The standard InChI is InChI=1S/C19H28N2O5/c1-21(9-15(22)20-14-2-3-14)16(23)10-26-17(24)18-5-12-4-13(6-18)8-19(25,7-12)11-18/h12-14,25H,2-11H2,1H3,(H,20,22)/t12-,13+,18?,19?.